The van der Waals surface area contributed by atoms with Crippen molar-refractivity contribution in [1.29, 1.82) is 0 Å². The number of allylic oxidation sites excluding steroid dienone is 3. The molecule has 12 heavy (non-hydrogen) atoms. The van der Waals surface area contributed by atoms with E-state index in [2.05, 4.69) is 6.58 Å². The second kappa shape index (κ2) is 5.43. The maximum atomic E-state index is 8.90. The molecule has 0 heterocycles. The largest absolute Gasteiger partial charge is 0.497 e. The topological polar surface area (TPSA) is 32.7 Å². The van der Waals surface area contributed by atoms with Crippen LogP contribution in [0.1, 0.15) is 6.92 Å². The van der Waals surface area contributed by atoms with E-state index in [1.54, 1.807) is 19.3 Å². The number of hydroxylamine groups is 2. The number of nitrogens with zero attached hydrogens (tertiary/aromatic N) is 1. The van der Waals surface area contributed by atoms with Gasteiger partial charge in [-0.05, 0) is 25.2 Å². The van der Waals surface area contributed by atoms with Crippen LogP contribution in [0.2, 0.25) is 0 Å². The highest BCUT2D eigenvalue weighted by molar-refractivity contribution is 5.20. The van der Waals surface area contributed by atoms with Gasteiger partial charge in [-0.1, -0.05) is 6.58 Å². The summed E-state index contributed by atoms with van der Waals surface area (Å²) in [6.45, 7) is 5.47. The molecule has 0 aromatic heterocycles. The molecule has 1 N–H and O–H groups in total. The van der Waals surface area contributed by atoms with Gasteiger partial charge in [0.2, 0.25) is 0 Å². The molecule has 0 fully saturated rings. The van der Waals surface area contributed by atoms with Crippen molar-refractivity contribution in [3.05, 3.63) is 36.3 Å². The van der Waals surface area contributed by atoms with Gasteiger partial charge in [0.1, 0.15) is 5.76 Å². The summed E-state index contributed by atoms with van der Waals surface area (Å²) >= 11 is 0. The summed E-state index contributed by atoms with van der Waals surface area (Å²) in [5, 5.41) is 9.85. The molecule has 0 aromatic carbocycles. The first-order chi connectivity index (χ1) is 5.61. The quantitative estimate of drug-likeness (QED) is 0.396. The van der Waals surface area contributed by atoms with Crippen molar-refractivity contribution in [2.75, 3.05) is 14.2 Å². The molecule has 3 nitrogen and oxygen atoms in total. The van der Waals surface area contributed by atoms with Crippen molar-refractivity contribution in [3.8, 4) is 0 Å². The molecule has 0 aliphatic carbocycles. The fraction of sp³-hybridized carbons (Fsp3) is 0.333. The van der Waals surface area contributed by atoms with E-state index in [4.69, 9.17) is 9.94 Å². The highest BCUT2D eigenvalue weighted by atomic mass is 16.5. The number of rotatable bonds is 4. The van der Waals surface area contributed by atoms with Crippen LogP contribution in [-0.4, -0.2) is 24.4 Å². The molecule has 0 aromatic rings. The number of hydrogen-bond acceptors (Lipinski definition) is 3. The fourth-order valence-corrected chi connectivity index (χ4v) is 0.568. The minimum Gasteiger partial charge on any atom is -0.497 e. The standard InChI is InChI=1S/C9H15NO2/c1-5-9(12-4)7-6-8(2)10(3)11/h5-7,11H,2H2,1,3-4H3/b7-6-,9-5+. The van der Waals surface area contributed by atoms with Gasteiger partial charge in [0, 0.05) is 7.05 Å². The number of methoxy groups -OCH3 is 1. The van der Waals surface area contributed by atoms with Crippen LogP contribution in [0.3, 0.4) is 0 Å². The van der Waals surface area contributed by atoms with E-state index in [1.165, 1.54) is 7.05 Å². The van der Waals surface area contributed by atoms with Crippen LogP contribution < -0.4 is 0 Å². The molecule has 3 heteroatoms. The van der Waals surface area contributed by atoms with E-state index in [0.29, 0.717) is 5.70 Å². The molecule has 0 radical (unpaired) electrons. The van der Waals surface area contributed by atoms with Gasteiger partial charge in [0.15, 0.2) is 0 Å². The van der Waals surface area contributed by atoms with Crippen LogP contribution in [0, 0.1) is 0 Å². The van der Waals surface area contributed by atoms with Crippen molar-refractivity contribution < 1.29 is 9.94 Å². The first-order valence-corrected chi connectivity index (χ1v) is 3.61. The summed E-state index contributed by atoms with van der Waals surface area (Å²) in [4.78, 5) is 0. The lowest BCUT2D eigenvalue weighted by Gasteiger charge is -2.08. The molecular weight excluding hydrogens is 154 g/mol. The Morgan fingerprint density at radius 3 is 2.42 bits per heavy atom. The van der Waals surface area contributed by atoms with E-state index in [9.17, 15) is 0 Å². The van der Waals surface area contributed by atoms with Gasteiger partial charge in [-0.25, -0.2) is 0 Å². The minimum absolute atomic E-state index is 0.506. The molecule has 0 bridgehead atoms. The van der Waals surface area contributed by atoms with E-state index in [-0.39, 0.29) is 0 Å². The Bertz CT molecular complexity index is 205. The molecule has 0 spiro atoms. The van der Waals surface area contributed by atoms with Gasteiger partial charge in [-0.2, -0.15) is 0 Å². The maximum Gasteiger partial charge on any atom is 0.114 e. The molecule has 68 valence electrons. The van der Waals surface area contributed by atoms with Crippen molar-refractivity contribution in [1.82, 2.24) is 5.06 Å². The van der Waals surface area contributed by atoms with Crippen LogP contribution in [-0.2, 0) is 4.74 Å². The molecular formula is C9H15NO2. The Morgan fingerprint density at radius 2 is 2.08 bits per heavy atom. The summed E-state index contributed by atoms with van der Waals surface area (Å²) < 4.78 is 4.96. The van der Waals surface area contributed by atoms with Gasteiger partial charge >= 0.3 is 0 Å². The molecule has 0 rings (SSSR count). The van der Waals surface area contributed by atoms with E-state index in [0.717, 1.165) is 10.8 Å². The maximum absolute atomic E-state index is 8.90. The lowest BCUT2D eigenvalue weighted by Crippen LogP contribution is -2.08. The lowest BCUT2D eigenvalue weighted by molar-refractivity contribution is -0.0231. The van der Waals surface area contributed by atoms with Crippen molar-refractivity contribution in [2.24, 2.45) is 0 Å². The lowest BCUT2D eigenvalue weighted by atomic mass is 10.3. The predicted molar refractivity (Wildman–Crippen MR) is 48.6 cm³/mol. The van der Waals surface area contributed by atoms with Crippen LogP contribution in [0.5, 0.6) is 0 Å². The third kappa shape index (κ3) is 3.83. The minimum atomic E-state index is 0.506. The normalized spacial score (nSPS) is 11.8. The van der Waals surface area contributed by atoms with Gasteiger partial charge in [0.25, 0.3) is 0 Å². The van der Waals surface area contributed by atoms with Crippen LogP contribution in [0.25, 0.3) is 0 Å². The molecule has 0 aliphatic rings. The summed E-state index contributed by atoms with van der Waals surface area (Å²) in [5.74, 6) is 0.734. The third-order valence-corrected chi connectivity index (χ3v) is 1.38. The van der Waals surface area contributed by atoms with Gasteiger partial charge in [-0.15, -0.1) is 0 Å². The van der Waals surface area contributed by atoms with Crippen molar-refractivity contribution >= 4 is 0 Å². The second-order valence-corrected chi connectivity index (χ2v) is 2.24. The molecule has 0 unspecified atom stereocenters. The number of hydrogen-bond donors (Lipinski definition) is 1. The monoisotopic (exact) mass is 169 g/mol. The number of ether oxygens (including phenoxy) is 1. The van der Waals surface area contributed by atoms with Crippen molar-refractivity contribution in [3.63, 3.8) is 0 Å². The van der Waals surface area contributed by atoms with E-state index < -0.39 is 0 Å². The highest BCUT2D eigenvalue weighted by Gasteiger charge is 1.91. The second-order valence-electron chi connectivity index (χ2n) is 2.24. The fourth-order valence-electron chi connectivity index (χ4n) is 0.568. The Labute approximate surface area is 73.2 Å². The zero-order chi connectivity index (χ0) is 9.56. The van der Waals surface area contributed by atoms with Gasteiger partial charge < -0.3 is 4.74 Å². The zero-order valence-corrected chi connectivity index (χ0v) is 7.74. The Kier molecular flexibility index (Phi) is 4.88. The Hall–Kier alpha value is -1.22. The summed E-state index contributed by atoms with van der Waals surface area (Å²) in [6.07, 6.45) is 5.22. The van der Waals surface area contributed by atoms with E-state index in [1.807, 2.05) is 13.0 Å². The molecule has 0 atom stereocenters. The van der Waals surface area contributed by atoms with Crippen molar-refractivity contribution in [2.45, 2.75) is 6.92 Å². The van der Waals surface area contributed by atoms with Gasteiger partial charge in [-0.3, -0.25) is 10.3 Å². The smallest absolute Gasteiger partial charge is 0.114 e. The SMILES string of the molecule is C=C(/C=C\C(=C/C)OC)N(C)O. The average Bonchev–Trinajstić information content (AvgIpc) is 2.05. The Balaban J connectivity index is 4.15. The average molecular weight is 169 g/mol. The summed E-state index contributed by atoms with van der Waals surface area (Å²) in [7, 11) is 3.10. The summed E-state index contributed by atoms with van der Waals surface area (Å²) in [6, 6.07) is 0. The Morgan fingerprint density at radius 1 is 1.50 bits per heavy atom. The summed E-state index contributed by atoms with van der Waals surface area (Å²) in [5.41, 5.74) is 0.506. The molecule has 0 aliphatic heterocycles. The van der Waals surface area contributed by atoms with Gasteiger partial charge in [0.05, 0.1) is 12.8 Å². The number of likely N-dealkylation sites (N-methyl/N-ethyl adjacent to an activating group) is 1. The molecule has 0 saturated heterocycles. The van der Waals surface area contributed by atoms with Crippen LogP contribution in [0.4, 0.5) is 0 Å². The van der Waals surface area contributed by atoms with Crippen LogP contribution >= 0.6 is 0 Å². The molecule has 0 saturated carbocycles. The molecule has 0 amide bonds. The first-order valence-electron chi connectivity index (χ1n) is 3.61. The first kappa shape index (κ1) is 10.8. The zero-order valence-electron chi connectivity index (χ0n) is 7.74. The highest BCUT2D eigenvalue weighted by Crippen LogP contribution is 2.01. The predicted octanol–water partition coefficient (Wildman–Crippen LogP) is 1.93. The van der Waals surface area contributed by atoms with Crippen LogP contribution in [0.15, 0.2) is 36.3 Å². The third-order valence-electron chi connectivity index (χ3n) is 1.38. The van der Waals surface area contributed by atoms with E-state index >= 15 is 0 Å².